The Bertz CT molecular complexity index is 668. The van der Waals surface area contributed by atoms with E-state index in [1.54, 1.807) is 20.8 Å². The average molecular weight is 346 g/mol. The summed E-state index contributed by atoms with van der Waals surface area (Å²) in [5, 5.41) is 2.41. The van der Waals surface area contributed by atoms with Crippen LogP contribution in [0.5, 0.6) is 0 Å². The van der Waals surface area contributed by atoms with Crippen molar-refractivity contribution in [2.45, 2.75) is 39.0 Å². The summed E-state index contributed by atoms with van der Waals surface area (Å²) in [7, 11) is 0. The number of benzene rings is 1. The zero-order valence-corrected chi connectivity index (χ0v) is 13.5. The maximum atomic E-state index is 13.4. The van der Waals surface area contributed by atoms with Gasteiger partial charge in [-0.3, -0.25) is 0 Å². The third-order valence-corrected chi connectivity index (χ3v) is 2.58. The van der Waals surface area contributed by atoms with E-state index in [0.717, 1.165) is 0 Å². The Labute approximate surface area is 137 Å². The second-order valence-electron chi connectivity index (χ2n) is 5.90. The van der Waals surface area contributed by atoms with E-state index in [1.165, 1.54) is 0 Å². The summed E-state index contributed by atoms with van der Waals surface area (Å²) < 4.78 is 57.0. The molecular formula is C16H18F4N2O2. The molecule has 0 heterocycles. The summed E-state index contributed by atoms with van der Waals surface area (Å²) in [5.74, 6) is 3.73. The van der Waals surface area contributed by atoms with E-state index in [-0.39, 0.29) is 13.0 Å². The van der Waals surface area contributed by atoms with Crippen molar-refractivity contribution in [3.63, 3.8) is 0 Å². The van der Waals surface area contributed by atoms with Crippen molar-refractivity contribution >= 4 is 11.8 Å². The fraction of sp³-hybridized carbons (Fsp3) is 0.438. The average Bonchev–Trinajstić information content (AvgIpc) is 2.38. The first-order valence-corrected chi connectivity index (χ1v) is 7.02. The number of hydrogen-bond acceptors (Lipinski definition) is 3. The van der Waals surface area contributed by atoms with Gasteiger partial charge in [0, 0.05) is 18.5 Å². The van der Waals surface area contributed by atoms with Gasteiger partial charge in [0.2, 0.25) is 0 Å². The van der Waals surface area contributed by atoms with Crippen LogP contribution >= 0.6 is 0 Å². The number of anilines is 1. The van der Waals surface area contributed by atoms with Gasteiger partial charge in [-0.05, 0) is 32.9 Å². The number of ether oxygens (including phenoxy) is 1. The molecule has 0 aliphatic carbocycles. The minimum Gasteiger partial charge on any atom is -0.444 e. The van der Waals surface area contributed by atoms with E-state index in [0.29, 0.717) is 12.1 Å². The Hall–Kier alpha value is -2.43. The van der Waals surface area contributed by atoms with Crippen molar-refractivity contribution < 1.29 is 27.1 Å². The minimum atomic E-state index is -4.69. The number of nitrogens with two attached hydrogens (primary N) is 1. The Morgan fingerprint density at radius 1 is 1.29 bits per heavy atom. The fourth-order valence-electron chi connectivity index (χ4n) is 1.63. The molecule has 0 aromatic heterocycles. The third kappa shape index (κ3) is 6.36. The summed E-state index contributed by atoms with van der Waals surface area (Å²) >= 11 is 0. The Balaban J connectivity index is 2.73. The van der Waals surface area contributed by atoms with Gasteiger partial charge in [0.15, 0.2) is 0 Å². The number of amides is 1. The number of carbonyl (C=O) groups excluding carboxylic acids is 1. The first-order chi connectivity index (χ1) is 10.9. The number of hydrogen-bond donors (Lipinski definition) is 2. The van der Waals surface area contributed by atoms with Gasteiger partial charge >= 0.3 is 12.3 Å². The number of nitrogens with one attached hydrogen (secondary N) is 1. The van der Waals surface area contributed by atoms with Crippen LogP contribution in [-0.4, -0.2) is 18.2 Å². The Morgan fingerprint density at radius 3 is 2.46 bits per heavy atom. The number of carbonyl (C=O) groups is 1. The lowest BCUT2D eigenvalue weighted by molar-refractivity contribution is -0.137. The third-order valence-electron chi connectivity index (χ3n) is 2.58. The lowest BCUT2D eigenvalue weighted by Gasteiger charge is -2.19. The lowest BCUT2D eigenvalue weighted by Crippen LogP contribution is -2.32. The van der Waals surface area contributed by atoms with Gasteiger partial charge in [-0.1, -0.05) is 11.8 Å². The highest BCUT2D eigenvalue weighted by molar-refractivity contribution is 5.67. The maximum Gasteiger partial charge on any atom is 0.417 e. The van der Waals surface area contributed by atoms with Crippen LogP contribution in [0.2, 0.25) is 0 Å². The van der Waals surface area contributed by atoms with E-state index in [2.05, 4.69) is 17.2 Å². The summed E-state index contributed by atoms with van der Waals surface area (Å²) in [6.45, 7) is 5.17. The van der Waals surface area contributed by atoms with E-state index in [9.17, 15) is 22.4 Å². The van der Waals surface area contributed by atoms with Crippen LogP contribution in [0, 0.1) is 17.7 Å². The smallest absolute Gasteiger partial charge is 0.417 e. The van der Waals surface area contributed by atoms with E-state index in [1.807, 2.05) is 0 Å². The molecule has 1 aromatic carbocycles. The molecule has 0 saturated heterocycles. The predicted octanol–water partition coefficient (Wildman–Crippen LogP) is 3.69. The molecule has 1 amide bonds. The molecule has 0 aliphatic rings. The minimum absolute atomic E-state index is 0.0720. The van der Waals surface area contributed by atoms with Crippen LogP contribution in [0.15, 0.2) is 12.1 Å². The number of alkyl halides is 3. The highest BCUT2D eigenvalue weighted by Gasteiger charge is 2.34. The molecule has 0 spiro atoms. The number of alkyl carbamates (subject to hydrolysis) is 1. The topological polar surface area (TPSA) is 64.3 Å². The van der Waals surface area contributed by atoms with Gasteiger partial charge in [0.1, 0.15) is 11.4 Å². The van der Waals surface area contributed by atoms with E-state index >= 15 is 0 Å². The molecule has 24 heavy (non-hydrogen) atoms. The van der Waals surface area contributed by atoms with Crippen LogP contribution in [0.4, 0.5) is 28.0 Å². The fourth-order valence-corrected chi connectivity index (χ4v) is 1.63. The van der Waals surface area contributed by atoms with Crippen LogP contribution < -0.4 is 11.1 Å². The predicted molar refractivity (Wildman–Crippen MR) is 81.5 cm³/mol. The van der Waals surface area contributed by atoms with Crippen molar-refractivity contribution in [3.8, 4) is 11.8 Å². The quantitative estimate of drug-likeness (QED) is 0.371. The molecule has 0 atom stereocenters. The van der Waals surface area contributed by atoms with Crippen LogP contribution in [-0.2, 0) is 10.9 Å². The van der Waals surface area contributed by atoms with E-state index < -0.39 is 40.5 Å². The molecule has 0 aliphatic heterocycles. The summed E-state index contributed by atoms with van der Waals surface area (Å²) in [5.41, 5.74) is 2.30. The van der Waals surface area contributed by atoms with Gasteiger partial charge in [0.25, 0.3) is 0 Å². The van der Waals surface area contributed by atoms with Gasteiger partial charge in [0.05, 0.1) is 11.3 Å². The summed E-state index contributed by atoms with van der Waals surface area (Å²) in [6.07, 6.45) is -5.28. The monoisotopic (exact) mass is 346 g/mol. The van der Waals surface area contributed by atoms with Gasteiger partial charge in [-0.25, -0.2) is 9.18 Å². The lowest BCUT2D eigenvalue weighted by atomic mass is 10.1. The Morgan fingerprint density at radius 2 is 1.92 bits per heavy atom. The van der Waals surface area contributed by atoms with Gasteiger partial charge < -0.3 is 15.8 Å². The first-order valence-electron chi connectivity index (χ1n) is 7.02. The largest absolute Gasteiger partial charge is 0.444 e. The SMILES string of the molecule is CC(C)(C)OC(=O)NCCC#Cc1cc(F)c(N)cc1C(F)(F)F. The highest BCUT2D eigenvalue weighted by atomic mass is 19.4. The second kappa shape index (κ2) is 7.43. The van der Waals surface area contributed by atoms with Crippen molar-refractivity contribution in [1.82, 2.24) is 5.32 Å². The zero-order chi connectivity index (χ0) is 18.5. The molecule has 1 rings (SSSR count). The zero-order valence-electron chi connectivity index (χ0n) is 13.5. The summed E-state index contributed by atoms with van der Waals surface area (Å²) in [4.78, 5) is 11.4. The molecule has 0 radical (unpaired) electrons. The molecule has 0 saturated carbocycles. The summed E-state index contributed by atoms with van der Waals surface area (Å²) in [6, 6.07) is 1.16. The standard InChI is InChI=1S/C16H18F4N2O2/c1-15(2,3)24-14(23)22-7-5-4-6-10-8-12(17)13(21)9-11(10)16(18,19)20/h8-9H,5,7,21H2,1-3H3,(H,22,23). The van der Waals surface area contributed by atoms with Gasteiger partial charge in [-0.2, -0.15) is 13.2 Å². The van der Waals surface area contributed by atoms with Crippen LogP contribution in [0.1, 0.15) is 38.3 Å². The van der Waals surface area contributed by atoms with Crippen molar-refractivity contribution in [2.75, 3.05) is 12.3 Å². The van der Waals surface area contributed by atoms with E-state index in [4.69, 9.17) is 10.5 Å². The number of rotatable bonds is 2. The number of nitrogen functional groups attached to an aromatic ring is 1. The normalized spacial score (nSPS) is 11.5. The maximum absolute atomic E-state index is 13.4. The molecule has 1 aromatic rings. The molecule has 0 bridgehead atoms. The Kier molecular flexibility index (Phi) is 6.07. The van der Waals surface area contributed by atoms with Crippen molar-refractivity contribution in [3.05, 3.63) is 29.1 Å². The molecule has 4 nitrogen and oxygen atoms in total. The molecule has 132 valence electrons. The molecule has 0 unspecified atom stereocenters. The molecular weight excluding hydrogens is 328 g/mol. The second-order valence-corrected chi connectivity index (χ2v) is 5.90. The van der Waals surface area contributed by atoms with Crippen LogP contribution in [0.3, 0.4) is 0 Å². The highest BCUT2D eigenvalue weighted by Crippen LogP contribution is 2.33. The number of halogens is 4. The van der Waals surface area contributed by atoms with Gasteiger partial charge in [-0.15, -0.1) is 0 Å². The molecule has 0 fully saturated rings. The molecule has 3 N–H and O–H groups in total. The van der Waals surface area contributed by atoms with Crippen LogP contribution in [0.25, 0.3) is 0 Å². The van der Waals surface area contributed by atoms with Crippen molar-refractivity contribution in [2.24, 2.45) is 0 Å². The molecule has 8 heteroatoms. The van der Waals surface area contributed by atoms with Crippen molar-refractivity contribution in [1.29, 1.82) is 0 Å². The first kappa shape index (κ1) is 19.6.